The number of hydrogen-bond donors (Lipinski definition) is 2. The Morgan fingerprint density at radius 2 is 2.00 bits per heavy atom. The quantitative estimate of drug-likeness (QED) is 0.750. The molecule has 20 heavy (non-hydrogen) atoms. The summed E-state index contributed by atoms with van der Waals surface area (Å²) in [5, 5.41) is 2.77. The number of hydrogen-bond acceptors (Lipinski definition) is 3. The summed E-state index contributed by atoms with van der Waals surface area (Å²) in [7, 11) is 0. The molecule has 0 spiro atoms. The molecule has 3 aromatic rings. The highest BCUT2D eigenvalue weighted by Crippen LogP contribution is 2.20. The van der Waals surface area contributed by atoms with Gasteiger partial charge in [0.15, 0.2) is 5.58 Å². The Bertz CT molecular complexity index is 845. The molecule has 0 unspecified atom stereocenters. The largest absolute Gasteiger partial charge is 0.417 e. The van der Waals surface area contributed by atoms with Gasteiger partial charge < -0.3 is 9.73 Å². The highest BCUT2D eigenvalue weighted by Gasteiger charge is 2.10. The first-order valence-corrected chi connectivity index (χ1v) is 6.13. The maximum absolute atomic E-state index is 12.2. The number of aryl methyl sites for hydroxylation is 1. The van der Waals surface area contributed by atoms with Crippen LogP contribution in [0.15, 0.2) is 51.7 Å². The normalized spacial score (nSPS) is 10.7. The van der Waals surface area contributed by atoms with Crippen LogP contribution in [0, 0.1) is 6.92 Å². The fraction of sp³-hybridized carbons (Fsp3) is 0.0667. The number of fused-ring (bicyclic) bond motifs is 1. The van der Waals surface area contributed by atoms with E-state index in [4.69, 9.17) is 4.42 Å². The van der Waals surface area contributed by atoms with Crippen LogP contribution in [0.4, 0.5) is 5.69 Å². The highest BCUT2D eigenvalue weighted by molar-refractivity contribution is 6.07. The second-order valence-electron chi connectivity index (χ2n) is 4.52. The van der Waals surface area contributed by atoms with Crippen LogP contribution in [0.1, 0.15) is 15.9 Å². The molecule has 0 atom stereocenters. The molecule has 1 heterocycles. The number of nitrogens with one attached hydrogen (secondary N) is 2. The number of anilines is 1. The second kappa shape index (κ2) is 4.70. The van der Waals surface area contributed by atoms with Crippen LogP contribution in [-0.2, 0) is 0 Å². The van der Waals surface area contributed by atoms with E-state index >= 15 is 0 Å². The maximum atomic E-state index is 12.2. The number of benzene rings is 2. The summed E-state index contributed by atoms with van der Waals surface area (Å²) in [6, 6.07) is 12.4. The molecule has 0 radical (unpaired) electrons. The number of rotatable bonds is 2. The van der Waals surface area contributed by atoms with E-state index in [1.165, 1.54) is 0 Å². The molecule has 0 saturated heterocycles. The average Bonchev–Trinajstić information content (AvgIpc) is 2.80. The molecular formula is C15H12N2O3. The molecule has 0 aliphatic carbocycles. The molecule has 0 fully saturated rings. The van der Waals surface area contributed by atoms with Gasteiger partial charge in [0.1, 0.15) is 5.52 Å². The summed E-state index contributed by atoms with van der Waals surface area (Å²) in [5.41, 5.74) is 2.98. The summed E-state index contributed by atoms with van der Waals surface area (Å²) in [5.74, 6) is -0.777. The fourth-order valence-electron chi connectivity index (χ4n) is 2.06. The van der Waals surface area contributed by atoms with Gasteiger partial charge in [0.25, 0.3) is 5.91 Å². The van der Waals surface area contributed by atoms with Crippen molar-refractivity contribution in [1.29, 1.82) is 0 Å². The molecule has 0 bridgehead atoms. The molecule has 1 amide bonds. The zero-order valence-corrected chi connectivity index (χ0v) is 10.8. The third-order valence-corrected chi connectivity index (χ3v) is 2.98. The van der Waals surface area contributed by atoms with Gasteiger partial charge in [-0.15, -0.1) is 0 Å². The maximum Gasteiger partial charge on any atom is 0.417 e. The van der Waals surface area contributed by atoms with E-state index in [-0.39, 0.29) is 5.91 Å². The van der Waals surface area contributed by atoms with Gasteiger partial charge in [-0.3, -0.25) is 9.78 Å². The Kier molecular flexibility index (Phi) is 2.87. The minimum Gasteiger partial charge on any atom is -0.408 e. The Morgan fingerprint density at radius 1 is 1.20 bits per heavy atom. The fourth-order valence-corrected chi connectivity index (χ4v) is 2.06. The summed E-state index contributed by atoms with van der Waals surface area (Å²) >= 11 is 0. The molecule has 0 aliphatic rings. The zero-order valence-electron chi connectivity index (χ0n) is 10.8. The van der Waals surface area contributed by atoms with Gasteiger partial charge in [-0.05, 0) is 31.2 Å². The van der Waals surface area contributed by atoms with Crippen LogP contribution in [-0.4, -0.2) is 10.9 Å². The van der Waals surface area contributed by atoms with E-state index in [1.54, 1.807) is 30.3 Å². The first-order chi connectivity index (χ1) is 9.63. The van der Waals surface area contributed by atoms with Crippen molar-refractivity contribution in [2.75, 3.05) is 5.32 Å². The number of oxazole rings is 1. The molecular weight excluding hydrogens is 256 g/mol. The van der Waals surface area contributed by atoms with Crippen LogP contribution in [0.25, 0.3) is 11.1 Å². The number of para-hydroxylation sites is 1. The van der Waals surface area contributed by atoms with Crippen molar-refractivity contribution in [3.63, 3.8) is 0 Å². The summed E-state index contributed by atoms with van der Waals surface area (Å²) in [4.78, 5) is 25.9. The van der Waals surface area contributed by atoms with Crippen molar-refractivity contribution in [2.24, 2.45) is 0 Å². The summed E-state index contributed by atoms with van der Waals surface area (Å²) in [6.45, 7) is 1.92. The van der Waals surface area contributed by atoms with Crippen molar-refractivity contribution >= 4 is 22.7 Å². The van der Waals surface area contributed by atoms with Crippen molar-refractivity contribution in [3.05, 3.63) is 64.1 Å². The van der Waals surface area contributed by atoms with E-state index in [0.717, 1.165) is 5.56 Å². The van der Waals surface area contributed by atoms with Gasteiger partial charge in [0.05, 0.1) is 5.69 Å². The van der Waals surface area contributed by atoms with Gasteiger partial charge in [-0.25, -0.2) is 4.79 Å². The molecule has 2 N–H and O–H groups in total. The van der Waals surface area contributed by atoms with Crippen LogP contribution >= 0.6 is 0 Å². The van der Waals surface area contributed by atoms with Gasteiger partial charge in [0.2, 0.25) is 0 Å². The van der Waals surface area contributed by atoms with Crippen molar-refractivity contribution < 1.29 is 9.21 Å². The minimum atomic E-state index is -0.544. The lowest BCUT2D eigenvalue weighted by molar-refractivity contribution is 0.102. The number of aromatic amines is 1. The first kappa shape index (κ1) is 12.2. The number of carbonyl (C=O) groups excluding carboxylic acids is 1. The van der Waals surface area contributed by atoms with Gasteiger partial charge in [0, 0.05) is 5.56 Å². The van der Waals surface area contributed by atoms with Crippen LogP contribution in [0.2, 0.25) is 0 Å². The molecule has 1 aromatic heterocycles. The Labute approximate surface area is 114 Å². The number of amides is 1. The lowest BCUT2D eigenvalue weighted by Gasteiger charge is -2.06. The molecule has 3 rings (SSSR count). The Balaban J connectivity index is 1.97. The smallest absolute Gasteiger partial charge is 0.408 e. The second-order valence-corrected chi connectivity index (χ2v) is 4.52. The third kappa shape index (κ3) is 2.21. The molecule has 2 aromatic carbocycles. The zero-order chi connectivity index (χ0) is 14.1. The van der Waals surface area contributed by atoms with E-state index < -0.39 is 5.76 Å². The Hall–Kier alpha value is -2.82. The minimum absolute atomic E-state index is 0.233. The standard InChI is InChI=1S/C15H12N2O3/c1-9-4-2-5-10(8-9)14(18)16-11-6-3-7-12-13(11)17-15(19)20-12/h2-8H,1H3,(H,16,18)(H,17,19). The highest BCUT2D eigenvalue weighted by atomic mass is 16.4. The van der Waals surface area contributed by atoms with Gasteiger partial charge >= 0.3 is 5.76 Å². The summed E-state index contributed by atoms with van der Waals surface area (Å²) in [6.07, 6.45) is 0. The van der Waals surface area contributed by atoms with Crippen molar-refractivity contribution in [3.8, 4) is 0 Å². The molecule has 0 saturated carbocycles. The Morgan fingerprint density at radius 3 is 2.80 bits per heavy atom. The van der Waals surface area contributed by atoms with Crippen LogP contribution < -0.4 is 11.1 Å². The lowest BCUT2D eigenvalue weighted by atomic mass is 10.1. The number of H-pyrrole nitrogens is 1. The third-order valence-electron chi connectivity index (χ3n) is 2.98. The molecule has 5 nitrogen and oxygen atoms in total. The molecule has 0 aliphatic heterocycles. The van der Waals surface area contributed by atoms with Crippen molar-refractivity contribution in [2.45, 2.75) is 6.92 Å². The van der Waals surface area contributed by atoms with Crippen molar-refractivity contribution in [1.82, 2.24) is 4.98 Å². The lowest BCUT2D eigenvalue weighted by Crippen LogP contribution is -2.12. The predicted molar refractivity (Wildman–Crippen MR) is 76.0 cm³/mol. The van der Waals surface area contributed by atoms with Gasteiger partial charge in [-0.1, -0.05) is 23.8 Å². The van der Waals surface area contributed by atoms with Gasteiger partial charge in [-0.2, -0.15) is 0 Å². The van der Waals surface area contributed by atoms with Crippen LogP contribution in [0.3, 0.4) is 0 Å². The molecule has 100 valence electrons. The number of aromatic nitrogens is 1. The number of carbonyl (C=O) groups is 1. The first-order valence-electron chi connectivity index (χ1n) is 6.13. The SMILES string of the molecule is Cc1cccc(C(=O)Nc2cccc3oc(=O)[nH]c23)c1. The predicted octanol–water partition coefficient (Wildman–Crippen LogP) is 2.68. The van der Waals surface area contributed by atoms with Crippen LogP contribution in [0.5, 0.6) is 0 Å². The topological polar surface area (TPSA) is 75.1 Å². The van der Waals surface area contributed by atoms with E-state index in [1.807, 2.05) is 19.1 Å². The summed E-state index contributed by atoms with van der Waals surface area (Å²) < 4.78 is 4.95. The van der Waals surface area contributed by atoms with E-state index in [2.05, 4.69) is 10.3 Å². The molecule has 5 heteroatoms. The van der Waals surface area contributed by atoms with E-state index in [9.17, 15) is 9.59 Å². The monoisotopic (exact) mass is 268 g/mol. The van der Waals surface area contributed by atoms with E-state index in [0.29, 0.717) is 22.4 Å². The average molecular weight is 268 g/mol.